The maximum absolute atomic E-state index is 11.7. The molecule has 84 valence electrons. The molecule has 1 heterocycles. The first kappa shape index (κ1) is 10.6. The van der Waals surface area contributed by atoms with Crippen LogP contribution in [0.2, 0.25) is 0 Å². The molecule has 1 aliphatic heterocycles. The van der Waals surface area contributed by atoms with Crippen molar-refractivity contribution in [1.82, 2.24) is 10.6 Å². The molecule has 0 radical (unpaired) electrons. The molecule has 1 aromatic carbocycles. The summed E-state index contributed by atoms with van der Waals surface area (Å²) in [6.45, 7) is 2.07. The molecule has 1 fully saturated rings. The number of amides is 3. The predicted octanol–water partition coefficient (Wildman–Crippen LogP) is 0.200. The number of benzene rings is 1. The second-order valence-electron chi connectivity index (χ2n) is 3.94. The summed E-state index contributed by atoms with van der Waals surface area (Å²) >= 11 is 0. The van der Waals surface area contributed by atoms with E-state index in [1.54, 1.807) is 13.0 Å². The van der Waals surface area contributed by atoms with Gasteiger partial charge in [0.25, 0.3) is 5.91 Å². The lowest BCUT2D eigenvalue weighted by Crippen LogP contribution is -2.40. The van der Waals surface area contributed by atoms with E-state index in [0.29, 0.717) is 6.54 Å². The van der Waals surface area contributed by atoms with E-state index < -0.39 is 11.6 Å². The molecule has 1 unspecified atom stereocenters. The van der Waals surface area contributed by atoms with Gasteiger partial charge in [-0.2, -0.15) is 0 Å². The van der Waals surface area contributed by atoms with Crippen molar-refractivity contribution in [1.29, 1.82) is 0 Å². The minimum absolute atomic E-state index is 0.341. The van der Waals surface area contributed by atoms with E-state index in [1.807, 2.05) is 18.2 Å². The average Bonchev–Trinajstić information content (AvgIpc) is 2.54. The summed E-state index contributed by atoms with van der Waals surface area (Å²) in [5.74, 6) is -0.341. The van der Waals surface area contributed by atoms with Crippen LogP contribution < -0.4 is 16.4 Å². The van der Waals surface area contributed by atoms with E-state index in [0.717, 1.165) is 11.1 Å². The number of nitrogens with two attached hydrogens (primary N) is 1. The Morgan fingerprint density at radius 2 is 2.12 bits per heavy atom. The van der Waals surface area contributed by atoms with Crippen LogP contribution >= 0.6 is 0 Å². The number of imide groups is 1. The maximum Gasteiger partial charge on any atom is 0.322 e. The fourth-order valence-corrected chi connectivity index (χ4v) is 1.76. The van der Waals surface area contributed by atoms with Crippen LogP contribution in [-0.2, 0) is 16.9 Å². The van der Waals surface area contributed by atoms with E-state index in [4.69, 9.17) is 5.73 Å². The summed E-state index contributed by atoms with van der Waals surface area (Å²) in [5, 5.41) is 4.83. The van der Waals surface area contributed by atoms with Crippen molar-refractivity contribution in [3.05, 3.63) is 35.4 Å². The van der Waals surface area contributed by atoms with Crippen molar-refractivity contribution in [3.63, 3.8) is 0 Å². The fraction of sp³-hybridized carbons (Fsp3) is 0.273. The second kappa shape index (κ2) is 3.61. The lowest BCUT2D eigenvalue weighted by atomic mass is 9.91. The van der Waals surface area contributed by atoms with E-state index in [1.165, 1.54) is 0 Å². The molecular weight excluding hydrogens is 206 g/mol. The van der Waals surface area contributed by atoms with Crippen LogP contribution in [0.25, 0.3) is 0 Å². The topological polar surface area (TPSA) is 84.2 Å². The molecule has 0 saturated carbocycles. The van der Waals surface area contributed by atoms with Gasteiger partial charge in [-0.3, -0.25) is 10.1 Å². The van der Waals surface area contributed by atoms with Crippen LogP contribution in [0.4, 0.5) is 4.79 Å². The second-order valence-corrected chi connectivity index (χ2v) is 3.94. The van der Waals surface area contributed by atoms with E-state index >= 15 is 0 Å². The van der Waals surface area contributed by atoms with Crippen molar-refractivity contribution in [3.8, 4) is 0 Å². The zero-order valence-corrected chi connectivity index (χ0v) is 8.91. The highest BCUT2D eigenvalue weighted by molar-refractivity contribution is 6.07. The lowest BCUT2D eigenvalue weighted by molar-refractivity contribution is -0.123. The molecule has 0 bridgehead atoms. The SMILES string of the molecule is CC1(c2cccc(CN)c2)NC(=O)NC1=O. The summed E-state index contributed by atoms with van der Waals surface area (Å²) in [6, 6.07) is 6.85. The Morgan fingerprint density at radius 3 is 2.69 bits per heavy atom. The van der Waals surface area contributed by atoms with Crippen molar-refractivity contribution in [2.75, 3.05) is 0 Å². The third-order valence-electron chi connectivity index (χ3n) is 2.78. The smallest absolute Gasteiger partial charge is 0.322 e. The Morgan fingerprint density at radius 1 is 1.38 bits per heavy atom. The Labute approximate surface area is 93.0 Å². The molecule has 4 N–H and O–H groups in total. The first-order chi connectivity index (χ1) is 7.56. The van der Waals surface area contributed by atoms with Gasteiger partial charge >= 0.3 is 6.03 Å². The van der Waals surface area contributed by atoms with Crippen molar-refractivity contribution >= 4 is 11.9 Å². The highest BCUT2D eigenvalue weighted by atomic mass is 16.2. The molecule has 0 aliphatic carbocycles. The molecule has 1 saturated heterocycles. The van der Waals surface area contributed by atoms with Gasteiger partial charge < -0.3 is 11.1 Å². The number of hydrogen-bond acceptors (Lipinski definition) is 3. The standard InChI is InChI=1S/C11H13N3O2/c1-11(9(15)13-10(16)14-11)8-4-2-3-7(5-8)6-12/h2-5H,6,12H2,1H3,(H2,13,14,15,16). The highest BCUT2D eigenvalue weighted by Crippen LogP contribution is 2.24. The molecular formula is C11H13N3O2. The maximum atomic E-state index is 11.7. The van der Waals surface area contributed by atoms with Crippen LogP contribution in [0.15, 0.2) is 24.3 Å². The van der Waals surface area contributed by atoms with Gasteiger partial charge in [-0.25, -0.2) is 4.79 Å². The molecule has 1 aliphatic rings. The van der Waals surface area contributed by atoms with Crippen molar-refractivity contribution in [2.45, 2.75) is 19.0 Å². The van der Waals surface area contributed by atoms with Crippen LogP contribution in [-0.4, -0.2) is 11.9 Å². The van der Waals surface area contributed by atoms with E-state index in [2.05, 4.69) is 10.6 Å². The van der Waals surface area contributed by atoms with Crippen LogP contribution in [0.3, 0.4) is 0 Å². The Hall–Kier alpha value is -1.88. The minimum Gasteiger partial charge on any atom is -0.326 e. The number of nitrogens with one attached hydrogen (secondary N) is 2. The van der Waals surface area contributed by atoms with Gasteiger partial charge in [0.1, 0.15) is 5.54 Å². The number of hydrogen-bond donors (Lipinski definition) is 3. The Balaban J connectivity index is 2.43. The van der Waals surface area contributed by atoms with Crippen LogP contribution in [0, 0.1) is 0 Å². The molecule has 1 aromatic rings. The average molecular weight is 219 g/mol. The molecule has 0 spiro atoms. The number of rotatable bonds is 2. The Bertz CT molecular complexity index is 458. The largest absolute Gasteiger partial charge is 0.326 e. The van der Waals surface area contributed by atoms with Gasteiger partial charge in [0, 0.05) is 6.54 Å². The number of carbonyl (C=O) groups is 2. The van der Waals surface area contributed by atoms with Gasteiger partial charge in [-0.1, -0.05) is 24.3 Å². The van der Waals surface area contributed by atoms with Crippen LogP contribution in [0.1, 0.15) is 18.1 Å². The zero-order valence-electron chi connectivity index (χ0n) is 8.91. The lowest BCUT2D eigenvalue weighted by Gasteiger charge is -2.21. The summed E-state index contributed by atoms with van der Waals surface area (Å²) < 4.78 is 0. The molecule has 5 heteroatoms. The van der Waals surface area contributed by atoms with Crippen molar-refractivity contribution < 1.29 is 9.59 Å². The zero-order chi connectivity index (χ0) is 11.8. The van der Waals surface area contributed by atoms with Gasteiger partial charge in [0.05, 0.1) is 0 Å². The first-order valence-electron chi connectivity index (χ1n) is 4.99. The van der Waals surface area contributed by atoms with Crippen molar-refractivity contribution in [2.24, 2.45) is 5.73 Å². The van der Waals surface area contributed by atoms with E-state index in [-0.39, 0.29) is 5.91 Å². The van der Waals surface area contributed by atoms with Gasteiger partial charge in [-0.15, -0.1) is 0 Å². The number of carbonyl (C=O) groups excluding carboxylic acids is 2. The third-order valence-corrected chi connectivity index (χ3v) is 2.78. The van der Waals surface area contributed by atoms with Gasteiger partial charge in [0.15, 0.2) is 0 Å². The molecule has 3 amide bonds. The number of urea groups is 1. The molecule has 0 aromatic heterocycles. The van der Waals surface area contributed by atoms with Crippen LogP contribution in [0.5, 0.6) is 0 Å². The summed E-state index contributed by atoms with van der Waals surface area (Å²) in [6.07, 6.45) is 0. The third kappa shape index (κ3) is 1.55. The molecule has 16 heavy (non-hydrogen) atoms. The summed E-state index contributed by atoms with van der Waals surface area (Å²) in [5.41, 5.74) is 6.20. The predicted molar refractivity (Wildman–Crippen MR) is 58.4 cm³/mol. The molecule has 2 rings (SSSR count). The summed E-state index contributed by atoms with van der Waals surface area (Å²) in [4.78, 5) is 22.8. The highest BCUT2D eigenvalue weighted by Gasteiger charge is 2.43. The van der Waals surface area contributed by atoms with Gasteiger partial charge in [0.2, 0.25) is 0 Å². The normalized spacial score (nSPS) is 24.1. The fourth-order valence-electron chi connectivity index (χ4n) is 1.76. The first-order valence-corrected chi connectivity index (χ1v) is 4.99. The minimum atomic E-state index is -0.998. The molecule has 1 atom stereocenters. The molecule has 5 nitrogen and oxygen atoms in total. The summed E-state index contributed by atoms with van der Waals surface area (Å²) in [7, 11) is 0. The Kier molecular flexibility index (Phi) is 2.40. The van der Waals surface area contributed by atoms with E-state index in [9.17, 15) is 9.59 Å². The monoisotopic (exact) mass is 219 g/mol. The van der Waals surface area contributed by atoms with Gasteiger partial charge in [-0.05, 0) is 18.1 Å². The quantitative estimate of drug-likeness (QED) is 0.621.